The first kappa shape index (κ1) is 20.8. The predicted octanol–water partition coefficient (Wildman–Crippen LogP) is 4.27. The van der Waals surface area contributed by atoms with E-state index >= 15 is 0 Å². The molecular formula is C20H21F3N4O2. The minimum atomic E-state index is -4.46. The first-order valence-corrected chi connectivity index (χ1v) is 9.01. The average molecular weight is 406 g/mol. The number of ether oxygens (including phenoxy) is 1. The van der Waals surface area contributed by atoms with Gasteiger partial charge in [0.25, 0.3) is 0 Å². The van der Waals surface area contributed by atoms with E-state index in [1.165, 1.54) is 0 Å². The number of methoxy groups -OCH3 is 1. The molecule has 0 atom stereocenters. The molecule has 0 aliphatic carbocycles. The number of anilines is 1. The molecule has 0 spiro atoms. The van der Waals surface area contributed by atoms with Gasteiger partial charge in [0.2, 0.25) is 0 Å². The Bertz CT molecular complexity index is 911. The summed E-state index contributed by atoms with van der Waals surface area (Å²) in [7, 11) is 1.63. The summed E-state index contributed by atoms with van der Waals surface area (Å²) in [6, 6.07) is 3.65. The molecule has 29 heavy (non-hydrogen) atoms. The Hall–Kier alpha value is -2.94. The van der Waals surface area contributed by atoms with E-state index in [2.05, 4.69) is 15.3 Å². The van der Waals surface area contributed by atoms with Crippen LogP contribution in [0.15, 0.2) is 36.7 Å². The Labute approximate surface area is 166 Å². The second-order valence-electron chi connectivity index (χ2n) is 6.73. The molecule has 2 aromatic heterocycles. The highest BCUT2D eigenvalue weighted by atomic mass is 19.4. The van der Waals surface area contributed by atoms with E-state index in [1.807, 2.05) is 19.1 Å². The number of nitrogens with one attached hydrogen (secondary N) is 1. The van der Waals surface area contributed by atoms with Gasteiger partial charge in [-0.15, -0.1) is 0 Å². The fraction of sp³-hybridized carbons (Fsp3) is 0.350. The molecular weight excluding hydrogens is 385 g/mol. The highest BCUT2D eigenvalue weighted by Gasteiger charge is 2.30. The maximum Gasteiger partial charge on any atom is 0.417 e. The molecule has 0 unspecified atom stereocenters. The van der Waals surface area contributed by atoms with Gasteiger partial charge in [0.1, 0.15) is 5.82 Å². The molecule has 6 nitrogen and oxygen atoms in total. The standard InChI is InChI=1S/C20H21F3N4O2/c1-13-9-14(12-29-2)10-25-18(13)15-5-7-27(8-6-15)19(28)26-17-4-3-16(11-24-17)20(21,22)23/h3-5,9-11H,6-8,12H2,1-2H3,(H,24,26,28). The van der Waals surface area contributed by atoms with Crippen LogP contribution in [0.25, 0.3) is 5.57 Å². The van der Waals surface area contributed by atoms with E-state index < -0.39 is 17.8 Å². The number of aromatic nitrogens is 2. The number of pyridine rings is 2. The quantitative estimate of drug-likeness (QED) is 0.823. The first-order chi connectivity index (χ1) is 13.8. The number of amides is 2. The molecule has 0 bridgehead atoms. The number of urea groups is 1. The van der Waals surface area contributed by atoms with Crippen molar-refractivity contribution in [2.75, 3.05) is 25.5 Å². The Balaban J connectivity index is 1.62. The van der Waals surface area contributed by atoms with Crippen LogP contribution < -0.4 is 5.32 Å². The summed E-state index contributed by atoms with van der Waals surface area (Å²) >= 11 is 0. The zero-order valence-corrected chi connectivity index (χ0v) is 16.1. The third-order valence-electron chi connectivity index (χ3n) is 4.57. The van der Waals surface area contributed by atoms with Crippen molar-refractivity contribution in [1.29, 1.82) is 0 Å². The molecule has 0 saturated carbocycles. The summed E-state index contributed by atoms with van der Waals surface area (Å²) in [5.41, 5.74) is 3.13. The van der Waals surface area contributed by atoms with Gasteiger partial charge in [0.05, 0.1) is 17.9 Å². The van der Waals surface area contributed by atoms with Crippen molar-refractivity contribution in [2.45, 2.75) is 26.1 Å². The number of hydrogen-bond donors (Lipinski definition) is 1. The minimum Gasteiger partial charge on any atom is -0.380 e. The molecule has 2 aromatic rings. The molecule has 0 aromatic carbocycles. The summed E-state index contributed by atoms with van der Waals surface area (Å²) in [5.74, 6) is 0.0732. The lowest BCUT2D eigenvalue weighted by Gasteiger charge is -2.27. The molecule has 0 radical (unpaired) electrons. The van der Waals surface area contributed by atoms with Crippen LogP contribution in [-0.2, 0) is 17.5 Å². The summed E-state index contributed by atoms with van der Waals surface area (Å²) in [6.07, 6.45) is 0.588. The van der Waals surface area contributed by atoms with Gasteiger partial charge < -0.3 is 9.64 Å². The summed E-state index contributed by atoms with van der Waals surface area (Å²) in [5, 5.41) is 2.53. The lowest BCUT2D eigenvalue weighted by Crippen LogP contribution is -2.38. The maximum atomic E-state index is 12.6. The molecule has 0 fully saturated rings. The van der Waals surface area contributed by atoms with Crippen LogP contribution in [0, 0.1) is 6.92 Å². The van der Waals surface area contributed by atoms with Crippen molar-refractivity contribution in [3.63, 3.8) is 0 Å². The van der Waals surface area contributed by atoms with E-state index in [0.717, 1.165) is 34.5 Å². The van der Waals surface area contributed by atoms with Crippen molar-refractivity contribution in [2.24, 2.45) is 0 Å². The van der Waals surface area contributed by atoms with Crippen LogP contribution in [0.5, 0.6) is 0 Å². The Morgan fingerprint density at radius 2 is 2.07 bits per heavy atom. The topological polar surface area (TPSA) is 67.3 Å². The molecule has 3 rings (SSSR count). The van der Waals surface area contributed by atoms with E-state index in [0.29, 0.717) is 32.3 Å². The molecule has 154 valence electrons. The van der Waals surface area contributed by atoms with Gasteiger partial charge in [-0.3, -0.25) is 10.3 Å². The number of alkyl halides is 3. The highest BCUT2D eigenvalue weighted by molar-refractivity contribution is 5.89. The Kier molecular flexibility index (Phi) is 6.17. The lowest BCUT2D eigenvalue weighted by molar-refractivity contribution is -0.137. The summed E-state index contributed by atoms with van der Waals surface area (Å²) in [4.78, 5) is 22.1. The highest BCUT2D eigenvalue weighted by Crippen LogP contribution is 2.29. The SMILES string of the molecule is COCc1cnc(C2=CCN(C(=O)Nc3ccc(C(F)(F)F)cn3)CC2)c(C)c1. The number of carbonyl (C=O) groups is 1. The molecule has 9 heteroatoms. The first-order valence-electron chi connectivity index (χ1n) is 9.01. The second-order valence-corrected chi connectivity index (χ2v) is 6.73. The summed E-state index contributed by atoms with van der Waals surface area (Å²) in [6.45, 7) is 3.33. The van der Waals surface area contributed by atoms with Gasteiger partial charge in [-0.1, -0.05) is 12.1 Å². The van der Waals surface area contributed by atoms with Crippen LogP contribution in [0.3, 0.4) is 0 Å². The van der Waals surface area contributed by atoms with E-state index in [-0.39, 0.29) is 5.82 Å². The van der Waals surface area contributed by atoms with Crippen molar-refractivity contribution in [1.82, 2.24) is 14.9 Å². The number of carbonyl (C=O) groups excluding carboxylic acids is 1. The molecule has 1 N–H and O–H groups in total. The van der Waals surface area contributed by atoms with Gasteiger partial charge >= 0.3 is 12.2 Å². The number of aryl methyl sites for hydroxylation is 1. The molecule has 0 saturated heterocycles. The van der Waals surface area contributed by atoms with Crippen LogP contribution >= 0.6 is 0 Å². The van der Waals surface area contributed by atoms with E-state index in [1.54, 1.807) is 18.2 Å². The molecule has 1 aliphatic heterocycles. The molecule has 2 amide bonds. The smallest absolute Gasteiger partial charge is 0.380 e. The van der Waals surface area contributed by atoms with Crippen molar-refractivity contribution >= 4 is 17.4 Å². The Morgan fingerprint density at radius 3 is 2.62 bits per heavy atom. The second kappa shape index (κ2) is 8.60. The zero-order valence-electron chi connectivity index (χ0n) is 16.1. The zero-order chi connectivity index (χ0) is 21.0. The third kappa shape index (κ3) is 5.11. The number of halogens is 3. The van der Waals surface area contributed by atoms with E-state index in [4.69, 9.17) is 4.74 Å². The van der Waals surface area contributed by atoms with Crippen molar-refractivity contribution < 1.29 is 22.7 Å². The number of nitrogens with zero attached hydrogens (tertiary/aromatic N) is 3. The van der Waals surface area contributed by atoms with Crippen LogP contribution in [0.1, 0.15) is 28.8 Å². The van der Waals surface area contributed by atoms with Gasteiger partial charge in [-0.05, 0) is 42.2 Å². The van der Waals surface area contributed by atoms with Gasteiger partial charge in [0, 0.05) is 32.6 Å². The largest absolute Gasteiger partial charge is 0.417 e. The summed E-state index contributed by atoms with van der Waals surface area (Å²) < 4.78 is 42.9. The lowest BCUT2D eigenvalue weighted by atomic mass is 10.00. The minimum absolute atomic E-state index is 0.0732. The van der Waals surface area contributed by atoms with Gasteiger partial charge in [-0.25, -0.2) is 9.78 Å². The maximum absolute atomic E-state index is 12.6. The normalized spacial score (nSPS) is 14.5. The van der Waals surface area contributed by atoms with Crippen LogP contribution in [0.4, 0.5) is 23.8 Å². The van der Waals surface area contributed by atoms with Crippen molar-refractivity contribution in [3.05, 3.63) is 59.1 Å². The fourth-order valence-corrected chi connectivity index (χ4v) is 3.11. The number of rotatable bonds is 4. The third-order valence-corrected chi connectivity index (χ3v) is 4.57. The van der Waals surface area contributed by atoms with Crippen LogP contribution in [0.2, 0.25) is 0 Å². The Morgan fingerprint density at radius 1 is 1.28 bits per heavy atom. The van der Waals surface area contributed by atoms with Crippen LogP contribution in [-0.4, -0.2) is 41.1 Å². The predicted molar refractivity (Wildman–Crippen MR) is 102 cm³/mol. The van der Waals surface area contributed by atoms with Gasteiger partial charge in [-0.2, -0.15) is 13.2 Å². The van der Waals surface area contributed by atoms with Crippen molar-refractivity contribution in [3.8, 4) is 0 Å². The average Bonchev–Trinajstić information content (AvgIpc) is 2.68. The molecule has 3 heterocycles. The van der Waals surface area contributed by atoms with Gasteiger partial charge in [0.15, 0.2) is 0 Å². The fourth-order valence-electron chi connectivity index (χ4n) is 3.11. The monoisotopic (exact) mass is 406 g/mol. The molecule has 1 aliphatic rings. The van der Waals surface area contributed by atoms with E-state index in [9.17, 15) is 18.0 Å². The number of hydrogen-bond acceptors (Lipinski definition) is 4.